The van der Waals surface area contributed by atoms with Crippen LogP contribution in [-0.4, -0.2) is 14.1 Å². The van der Waals surface area contributed by atoms with Crippen LogP contribution in [0.1, 0.15) is 23.6 Å². The number of hydrazone groups is 1. The first-order valence-electron chi connectivity index (χ1n) is 6.62. The number of benzene rings is 2. The molecule has 0 radical (unpaired) electrons. The van der Waals surface area contributed by atoms with Crippen LogP contribution < -0.4 is 4.83 Å². The lowest BCUT2D eigenvalue weighted by molar-refractivity contribution is 0.584. The third kappa shape index (κ3) is 3.74. The predicted octanol–water partition coefficient (Wildman–Crippen LogP) is 2.68. The molecule has 2 aromatic carbocycles. The first-order valence-corrected chi connectivity index (χ1v) is 8.10. The zero-order valence-electron chi connectivity index (χ0n) is 12.4. The number of terminal acetylenes is 1. The Balaban J connectivity index is 2.22. The summed E-state index contributed by atoms with van der Waals surface area (Å²) in [5.74, 6) is 2.53. The molecule has 0 atom stereocenters. The Morgan fingerprint density at radius 2 is 1.86 bits per heavy atom. The molecule has 0 saturated heterocycles. The van der Waals surface area contributed by atoms with Crippen molar-refractivity contribution in [2.75, 3.05) is 0 Å². The zero-order valence-corrected chi connectivity index (χ0v) is 13.2. The monoisotopic (exact) mass is 312 g/mol. The van der Waals surface area contributed by atoms with Crippen LogP contribution in [0.2, 0.25) is 0 Å². The predicted molar refractivity (Wildman–Crippen MR) is 88.1 cm³/mol. The van der Waals surface area contributed by atoms with Crippen molar-refractivity contribution in [1.29, 1.82) is 0 Å². The molecular weight excluding hydrogens is 296 g/mol. The van der Waals surface area contributed by atoms with Gasteiger partial charge < -0.3 is 0 Å². The normalized spacial score (nSPS) is 11.8. The van der Waals surface area contributed by atoms with Crippen molar-refractivity contribution in [1.82, 2.24) is 4.83 Å². The molecule has 2 rings (SSSR count). The highest BCUT2D eigenvalue weighted by Gasteiger charge is 2.12. The summed E-state index contributed by atoms with van der Waals surface area (Å²) >= 11 is 0. The molecule has 2 aromatic rings. The Bertz CT molecular complexity index is 845. The minimum atomic E-state index is -3.67. The van der Waals surface area contributed by atoms with Crippen LogP contribution in [0.15, 0.2) is 58.5 Å². The lowest BCUT2D eigenvalue weighted by atomic mass is 10.1. The van der Waals surface area contributed by atoms with E-state index in [9.17, 15) is 8.42 Å². The molecule has 5 heteroatoms. The number of sulfonamides is 1. The third-order valence-electron chi connectivity index (χ3n) is 3.11. The number of aryl methyl sites for hydroxylation is 1. The van der Waals surface area contributed by atoms with Crippen molar-refractivity contribution in [3.05, 3.63) is 65.2 Å². The number of rotatable bonds is 4. The first-order chi connectivity index (χ1) is 10.4. The van der Waals surface area contributed by atoms with Crippen molar-refractivity contribution in [3.63, 3.8) is 0 Å². The van der Waals surface area contributed by atoms with E-state index in [1.54, 1.807) is 49.4 Å². The average molecular weight is 312 g/mol. The molecule has 0 aliphatic carbocycles. The molecule has 112 valence electrons. The summed E-state index contributed by atoms with van der Waals surface area (Å²) in [5, 5.41) is 3.95. The van der Waals surface area contributed by atoms with Gasteiger partial charge in [0.2, 0.25) is 0 Å². The van der Waals surface area contributed by atoms with E-state index in [0.29, 0.717) is 11.3 Å². The molecular formula is C17H16N2O2S. The highest BCUT2D eigenvalue weighted by molar-refractivity contribution is 7.89. The molecule has 0 amide bonds. The van der Waals surface area contributed by atoms with Crippen LogP contribution in [0, 0.1) is 19.3 Å². The fourth-order valence-electron chi connectivity index (χ4n) is 1.80. The van der Waals surface area contributed by atoms with E-state index in [4.69, 9.17) is 6.42 Å². The van der Waals surface area contributed by atoms with Gasteiger partial charge in [-0.1, -0.05) is 35.7 Å². The van der Waals surface area contributed by atoms with Crippen LogP contribution in [0.3, 0.4) is 0 Å². The molecule has 4 nitrogen and oxygen atoms in total. The average Bonchev–Trinajstić information content (AvgIpc) is 2.53. The standard InChI is InChI=1S/C17H16N2O2S/c1-4-15-6-5-7-16(12-15)14(3)18-19-22(20,21)17-10-8-13(2)9-11-17/h1,5-12,19H,2-3H3/b18-14+. The van der Waals surface area contributed by atoms with Gasteiger partial charge in [0.05, 0.1) is 10.6 Å². The Hall–Kier alpha value is -2.58. The van der Waals surface area contributed by atoms with Crippen LogP contribution >= 0.6 is 0 Å². The van der Waals surface area contributed by atoms with Gasteiger partial charge in [0.15, 0.2) is 0 Å². The van der Waals surface area contributed by atoms with Gasteiger partial charge in [0, 0.05) is 5.56 Å². The van der Waals surface area contributed by atoms with E-state index in [1.807, 2.05) is 13.0 Å². The fourth-order valence-corrected chi connectivity index (χ4v) is 2.65. The lowest BCUT2D eigenvalue weighted by Gasteiger charge is -2.06. The molecule has 0 fully saturated rings. The van der Waals surface area contributed by atoms with Crippen molar-refractivity contribution in [2.24, 2.45) is 5.10 Å². The van der Waals surface area contributed by atoms with Gasteiger partial charge in [-0.3, -0.25) is 0 Å². The van der Waals surface area contributed by atoms with Crippen LogP contribution in [0.5, 0.6) is 0 Å². The van der Waals surface area contributed by atoms with E-state index in [1.165, 1.54) is 0 Å². The third-order valence-corrected chi connectivity index (χ3v) is 4.34. The van der Waals surface area contributed by atoms with E-state index in [2.05, 4.69) is 15.9 Å². The van der Waals surface area contributed by atoms with Crippen molar-refractivity contribution < 1.29 is 8.42 Å². The minimum Gasteiger partial charge on any atom is -0.200 e. The van der Waals surface area contributed by atoms with Gasteiger partial charge in [-0.15, -0.1) is 6.42 Å². The summed E-state index contributed by atoms with van der Waals surface area (Å²) < 4.78 is 24.3. The topological polar surface area (TPSA) is 58.5 Å². The molecule has 1 N–H and O–H groups in total. The van der Waals surface area contributed by atoms with Crippen molar-refractivity contribution in [2.45, 2.75) is 18.7 Å². The van der Waals surface area contributed by atoms with Crippen LogP contribution in [-0.2, 0) is 10.0 Å². The number of hydrogen-bond acceptors (Lipinski definition) is 3. The van der Waals surface area contributed by atoms with Crippen LogP contribution in [0.25, 0.3) is 0 Å². The first kappa shape index (κ1) is 15.8. The van der Waals surface area contributed by atoms with Gasteiger partial charge in [-0.05, 0) is 43.7 Å². The second-order valence-electron chi connectivity index (χ2n) is 4.83. The maximum atomic E-state index is 12.2. The molecule has 0 aromatic heterocycles. The highest BCUT2D eigenvalue weighted by Crippen LogP contribution is 2.10. The van der Waals surface area contributed by atoms with E-state index >= 15 is 0 Å². The summed E-state index contributed by atoms with van der Waals surface area (Å²) in [4.78, 5) is 2.41. The van der Waals surface area contributed by atoms with Gasteiger partial charge >= 0.3 is 0 Å². The molecule has 0 unspecified atom stereocenters. The number of hydrogen-bond donors (Lipinski definition) is 1. The molecule has 0 aliphatic heterocycles. The summed E-state index contributed by atoms with van der Waals surface area (Å²) in [7, 11) is -3.67. The van der Waals surface area contributed by atoms with E-state index in [-0.39, 0.29) is 4.90 Å². The zero-order chi connectivity index (χ0) is 16.2. The second-order valence-corrected chi connectivity index (χ2v) is 6.49. The number of nitrogens with one attached hydrogen (secondary N) is 1. The lowest BCUT2D eigenvalue weighted by Crippen LogP contribution is -2.20. The molecule has 0 heterocycles. The molecule has 22 heavy (non-hydrogen) atoms. The van der Waals surface area contributed by atoms with Gasteiger partial charge in [-0.25, -0.2) is 0 Å². The minimum absolute atomic E-state index is 0.173. The van der Waals surface area contributed by atoms with Gasteiger partial charge in [0.1, 0.15) is 0 Å². The highest BCUT2D eigenvalue weighted by atomic mass is 32.2. The van der Waals surface area contributed by atoms with Gasteiger partial charge in [-0.2, -0.15) is 18.4 Å². The van der Waals surface area contributed by atoms with Crippen LogP contribution in [0.4, 0.5) is 0 Å². The molecule has 0 saturated carbocycles. The van der Waals surface area contributed by atoms with E-state index in [0.717, 1.165) is 11.1 Å². The molecule has 0 spiro atoms. The Morgan fingerprint density at radius 1 is 1.18 bits per heavy atom. The fraction of sp³-hybridized carbons (Fsp3) is 0.118. The largest absolute Gasteiger partial charge is 0.276 e. The Labute approximate surface area is 130 Å². The Morgan fingerprint density at radius 3 is 2.50 bits per heavy atom. The summed E-state index contributed by atoms with van der Waals surface area (Å²) in [6.45, 7) is 3.61. The quantitative estimate of drug-likeness (QED) is 0.536. The Kier molecular flexibility index (Phi) is 4.64. The summed E-state index contributed by atoms with van der Waals surface area (Å²) in [6, 6.07) is 13.8. The maximum Gasteiger partial charge on any atom is 0.276 e. The summed E-state index contributed by atoms with van der Waals surface area (Å²) in [6.07, 6.45) is 5.35. The number of nitrogens with zero attached hydrogens (tertiary/aromatic N) is 1. The van der Waals surface area contributed by atoms with E-state index < -0.39 is 10.0 Å². The smallest absolute Gasteiger partial charge is 0.200 e. The SMILES string of the molecule is C#Cc1cccc(/C(C)=N/NS(=O)(=O)c2ccc(C)cc2)c1. The summed E-state index contributed by atoms with van der Waals surface area (Å²) in [5.41, 5.74) is 3.01. The van der Waals surface area contributed by atoms with Gasteiger partial charge in [0.25, 0.3) is 10.0 Å². The van der Waals surface area contributed by atoms with Crippen molar-refractivity contribution >= 4 is 15.7 Å². The van der Waals surface area contributed by atoms with Crippen molar-refractivity contribution in [3.8, 4) is 12.3 Å². The molecule has 0 aliphatic rings. The second kappa shape index (κ2) is 6.46. The molecule has 0 bridgehead atoms. The maximum absolute atomic E-state index is 12.2.